The highest BCUT2D eigenvalue weighted by Gasteiger charge is 2.35. The van der Waals surface area contributed by atoms with Crippen LogP contribution < -0.4 is 16.6 Å². The van der Waals surface area contributed by atoms with Crippen molar-refractivity contribution in [3.8, 4) is 0 Å². The molecule has 1 fully saturated rings. The Labute approximate surface area is 132 Å². The molecule has 1 amide bonds. The van der Waals surface area contributed by atoms with E-state index in [0.29, 0.717) is 5.92 Å². The zero-order valence-electron chi connectivity index (χ0n) is 13.0. The van der Waals surface area contributed by atoms with Crippen LogP contribution in [-0.2, 0) is 7.05 Å². The van der Waals surface area contributed by atoms with Crippen molar-refractivity contribution in [1.29, 1.82) is 0 Å². The highest BCUT2D eigenvalue weighted by Crippen LogP contribution is 2.41. The van der Waals surface area contributed by atoms with Gasteiger partial charge in [-0.25, -0.2) is 4.79 Å². The number of hydrogen-bond acceptors (Lipinski definition) is 4. The van der Waals surface area contributed by atoms with Crippen LogP contribution >= 0.6 is 0 Å². The summed E-state index contributed by atoms with van der Waals surface area (Å²) in [7, 11) is 1.48. The van der Waals surface area contributed by atoms with Gasteiger partial charge in [0.2, 0.25) is 0 Å². The molecule has 1 aliphatic rings. The Morgan fingerprint density at radius 1 is 1.43 bits per heavy atom. The van der Waals surface area contributed by atoms with Gasteiger partial charge >= 0.3 is 5.69 Å². The number of amides is 1. The first kappa shape index (κ1) is 15.2. The van der Waals surface area contributed by atoms with Gasteiger partial charge < -0.3 is 9.88 Å². The summed E-state index contributed by atoms with van der Waals surface area (Å²) in [6.07, 6.45) is 4.99. The summed E-state index contributed by atoms with van der Waals surface area (Å²) >= 11 is 0. The lowest BCUT2D eigenvalue weighted by atomic mass is 10.0. The first-order valence-electron chi connectivity index (χ1n) is 7.49. The third-order valence-corrected chi connectivity index (χ3v) is 4.08. The van der Waals surface area contributed by atoms with Gasteiger partial charge in [0.25, 0.3) is 11.5 Å². The topological polar surface area (TPSA) is 96.8 Å². The van der Waals surface area contributed by atoms with Crippen LogP contribution in [0.4, 0.5) is 0 Å². The summed E-state index contributed by atoms with van der Waals surface area (Å²) in [6.45, 7) is 1.95. The van der Waals surface area contributed by atoms with Gasteiger partial charge in [-0.3, -0.25) is 19.6 Å². The highest BCUT2D eigenvalue weighted by molar-refractivity contribution is 5.93. The van der Waals surface area contributed by atoms with Gasteiger partial charge in [0.15, 0.2) is 0 Å². The largest absolute Gasteiger partial charge is 0.343 e. The minimum Gasteiger partial charge on any atom is -0.343 e. The predicted molar refractivity (Wildman–Crippen MR) is 84.2 cm³/mol. The zero-order valence-corrected chi connectivity index (χ0v) is 13.0. The van der Waals surface area contributed by atoms with E-state index in [1.54, 1.807) is 6.20 Å². The molecule has 2 heterocycles. The van der Waals surface area contributed by atoms with Gasteiger partial charge in [0.1, 0.15) is 5.56 Å². The van der Waals surface area contributed by atoms with Crippen molar-refractivity contribution in [2.24, 2.45) is 13.0 Å². The third-order valence-electron chi connectivity index (χ3n) is 4.08. The molecule has 23 heavy (non-hydrogen) atoms. The van der Waals surface area contributed by atoms with E-state index in [-0.39, 0.29) is 11.6 Å². The number of hydrogen-bond donors (Lipinski definition) is 2. The molecule has 3 rings (SSSR count). The van der Waals surface area contributed by atoms with Crippen LogP contribution in [0.5, 0.6) is 0 Å². The van der Waals surface area contributed by atoms with Crippen LogP contribution in [0, 0.1) is 12.8 Å². The molecule has 0 spiro atoms. The second kappa shape index (κ2) is 5.83. The van der Waals surface area contributed by atoms with Gasteiger partial charge in [0, 0.05) is 19.4 Å². The zero-order chi connectivity index (χ0) is 16.6. The van der Waals surface area contributed by atoms with Crippen molar-refractivity contribution in [2.45, 2.75) is 25.8 Å². The lowest BCUT2D eigenvalue weighted by molar-refractivity contribution is 0.0928. The standard InChI is InChI=1S/C16H18N4O3/c1-9-4-3-7-17-12(9)13(10-5-6-10)18-14(21)11-8-20(2)16(23)19-15(11)22/h3-4,7-8,10,13H,5-6H2,1-2H3,(H,18,21)(H,19,22,23). The number of aryl methyl sites for hydroxylation is 2. The number of carbonyl (C=O) groups excluding carboxylic acids is 1. The number of nitrogens with one attached hydrogen (secondary N) is 2. The number of nitrogens with zero attached hydrogens (tertiary/aromatic N) is 2. The lowest BCUT2D eigenvalue weighted by Crippen LogP contribution is -2.38. The molecular weight excluding hydrogens is 296 g/mol. The van der Waals surface area contributed by atoms with Crippen LogP contribution in [0.1, 0.15) is 40.5 Å². The molecule has 1 aliphatic carbocycles. The van der Waals surface area contributed by atoms with Crippen molar-refractivity contribution in [1.82, 2.24) is 19.9 Å². The fourth-order valence-electron chi connectivity index (χ4n) is 2.61. The molecule has 0 bridgehead atoms. The Balaban J connectivity index is 1.91. The fraction of sp³-hybridized carbons (Fsp3) is 0.375. The predicted octanol–water partition coefficient (Wildman–Crippen LogP) is 0.658. The minimum atomic E-state index is -0.683. The summed E-state index contributed by atoms with van der Waals surface area (Å²) < 4.78 is 1.18. The van der Waals surface area contributed by atoms with Crippen molar-refractivity contribution >= 4 is 5.91 Å². The molecule has 1 unspecified atom stereocenters. The molecule has 2 aromatic rings. The van der Waals surface area contributed by atoms with E-state index in [4.69, 9.17) is 0 Å². The van der Waals surface area contributed by atoms with Gasteiger partial charge in [-0.1, -0.05) is 6.07 Å². The average Bonchev–Trinajstić information content (AvgIpc) is 3.34. The number of rotatable bonds is 4. The van der Waals surface area contributed by atoms with Crippen LogP contribution in [0.15, 0.2) is 34.1 Å². The highest BCUT2D eigenvalue weighted by atomic mass is 16.2. The molecule has 7 heteroatoms. The maximum Gasteiger partial charge on any atom is 0.328 e. The van der Waals surface area contributed by atoms with E-state index in [1.165, 1.54) is 17.8 Å². The maximum absolute atomic E-state index is 12.5. The van der Waals surface area contributed by atoms with Crippen LogP contribution in [0.25, 0.3) is 0 Å². The molecule has 0 aliphatic heterocycles. The number of carbonyl (C=O) groups is 1. The number of aromatic amines is 1. The first-order valence-corrected chi connectivity index (χ1v) is 7.49. The van der Waals surface area contributed by atoms with Gasteiger partial charge in [-0.05, 0) is 37.3 Å². The molecule has 120 valence electrons. The van der Waals surface area contributed by atoms with E-state index < -0.39 is 17.2 Å². The molecule has 2 aromatic heterocycles. The summed E-state index contributed by atoms with van der Waals surface area (Å²) in [5.41, 5.74) is 0.513. The number of H-pyrrole nitrogens is 1. The minimum absolute atomic E-state index is 0.0775. The second-order valence-electron chi connectivity index (χ2n) is 5.91. The normalized spacial score (nSPS) is 15.2. The van der Waals surface area contributed by atoms with E-state index in [9.17, 15) is 14.4 Å². The molecule has 0 radical (unpaired) electrons. The molecule has 1 saturated carbocycles. The summed E-state index contributed by atoms with van der Waals surface area (Å²) in [5.74, 6) is -0.164. The first-order chi connectivity index (χ1) is 11.0. The van der Waals surface area contributed by atoms with Crippen molar-refractivity contribution in [3.63, 3.8) is 0 Å². The summed E-state index contributed by atoms with van der Waals surface area (Å²) in [6, 6.07) is 3.57. The van der Waals surface area contributed by atoms with Gasteiger partial charge in [0.05, 0.1) is 11.7 Å². The van der Waals surface area contributed by atoms with Gasteiger partial charge in [-0.15, -0.1) is 0 Å². The summed E-state index contributed by atoms with van der Waals surface area (Å²) in [4.78, 5) is 42.2. The SMILES string of the molecule is Cc1cccnc1C(NC(=O)c1cn(C)c(=O)[nH]c1=O)C1CC1. The third kappa shape index (κ3) is 3.08. The van der Waals surface area contributed by atoms with Crippen molar-refractivity contribution in [3.05, 3.63) is 62.2 Å². The van der Waals surface area contributed by atoms with E-state index in [1.807, 2.05) is 19.1 Å². The lowest BCUT2D eigenvalue weighted by Gasteiger charge is -2.19. The van der Waals surface area contributed by atoms with Crippen LogP contribution in [0.3, 0.4) is 0 Å². The number of aromatic nitrogens is 3. The molecule has 0 aromatic carbocycles. The number of pyridine rings is 1. The van der Waals surface area contributed by atoms with Crippen molar-refractivity contribution in [2.75, 3.05) is 0 Å². The average molecular weight is 314 g/mol. The molecular formula is C16H18N4O3. The Morgan fingerprint density at radius 2 is 2.17 bits per heavy atom. The Hall–Kier alpha value is -2.70. The Morgan fingerprint density at radius 3 is 2.83 bits per heavy atom. The molecule has 0 saturated heterocycles. The van der Waals surface area contributed by atoms with Crippen molar-refractivity contribution < 1.29 is 4.79 Å². The monoisotopic (exact) mass is 314 g/mol. The Kier molecular flexibility index (Phi) is 3.85. The molecule has 7 nitrogen and oxygen atoms in total. The molecule has 2 N–H and O–H groups in total. The fourth-order valence-corrected chi connectivity index (χ4v) is 2.61. The van der Waals surface area contributed by atoms with E-state index >= 15 is 0 Å². The maximum atomic E-state index is 12.5. The van der Waals surface area contributed by atoms with E-state index in [2.05, 4.69) is 15.3 Å². The smallest absolute Gasteiger partial charge is 0.328 e. The molecule has 1 atom stereocenters. The van der Waals surface area contributed by atoms with Crippen LogP contribution in [-0.4, -0.2) is 20.4 Å². The second-order valence-corrected chi connectivity index (χ2v) is 5.91. The summed E-state index contributed by atoms with van der Waals surface area (Å²) in [5, 5.41) is 2.90. The quantitative estimate of drug-likeness (QED) is 0.866. The van der Waals surface area contributed by atoms with Crippen LogP contribution in [0.2, 0.25) is 0 Å². The van der Waals surface area contributed by atoms with E-state index in [0.717, 1.165) is 24.1 Å². The Bertz CT molecular complexity index is 864. The van der Waals surface area contributed by atoms with Gasteiger partial charge in [-0.2, -0.15) is 0 Å².